The van der Waals surface area contributed by atoms with Gasteiger partial charge in [-0.15, -0.1) is 0 Å². The van der Waals surface area contributed by atoms with Crippen LogP contribution in [0.4, 0.5) is 4.79 Å². The molecule has 3 aromatic rings. The molecule has 0 aromatic heterocycles. The number of benzene rings is 3. The summed E-state index contributed by atoms with van der Waals surface area (Å²) in [6, 6.07) is 30.9. The summed E-state index contributed by atoms with van der Waals surface area (Å²) in [5.41, 5.74) is 8.49. The predicted molar refractivity (Wildman–Crippen MR) is 506 cm³/mol. The van der Waals surface area contributed by atoms with Crippen LogP contribution in [0.1, 0.15) is 288 Å². The van der Waals surface area contributed by atoms with Crippen LogP contribution in [-0.2, 0) is 30.3 Å². The van der Waals surface area contributed by atoms with Crippen molar-refractivity contribution in [3.05, 3.63) is 157 Å². The molecule has 3 heterocycles. The van der Waals surface area contributed by atoms with Crippen LogP contribution in [-0.4, -0.2) is 146 Å². The second-order valence-corrected chi connectivity index (χ2v) is 36.2. The van der Waals surface area contributed by atoms with Gasteiger partial charge in [0.1, 0.15) is 5.60 Å². The Hall–Kier alpha value is -7.28. The van der Waals surface area contributed by atoms with E-state index < -0.39 is 5.60 Å². The molecule has 3 aliphatic heterocycles. The second kappa shape index (κ2) is 63.7. The first-order valence-electron chi connectivity index (χ1n) is 43.5. The summed E-state index contributed by atoms with van der Waals surface area (Å²) in [6.45, 7) is 74.4. The lowest BCUT2D eigenvalue weighted by molar-refractivity contribution is -0.127. The van der Waals surface area contributed by atoms with E-state index in [0.29, 0.717) is 55.6 Å². The highest BCUT2D eigenvalue weighted by molar-refractivity contribution is 6.30. The van der Waals surface area contributed by atoms with Crippen LogP contribution < -0.4 is 53.2 Å². The van der Waals surface area contributed by atoms with Crippen LogP contribution >= 0.6 is 11.6 Å². The molecule has 2 atom stereocenters. The zero-order valence-corrected chi connectivity index (χ0v) is 77.7. The van der Waals surface area contributed by atoms with Gasteiger partial charge in [0.2, 0.25) is 23.6 Å². The van der Waals surface area contributed by atoms with Gasteiger partial charge in [0.05, 0.1) is 18.3 Å². The molecule has 5 fully saturated rings. The van der Waals surface area contributed by atoms with Crippen LogP contribution in [0.25, 0.3) is 11.4 Å². The number of nitrogens with zero attached hydrogens (tertiary/aromatic N) is 2. The topological polar surface area (TPSA) is 221 Å². The minimum Gasteiger partial charge on any atom is -0.444 e. The highest BCUT2D eigenvalue weighted by Crippen LogP contribution is 2.32. The Morgan fingerprint density at radius 3 is 1.21 bits per heavy atom. The van der Waals surface area contributed by atoms with Crippen molar-refractivity contribution < 1.29 is 28.7 Å². The van der Waals surface area contributed by atoms with Crippen molar-refractivity contribution in [3.8, 4) is 0 Å². The highest BCUT2D eigenvalue weighted by Gasteiger charge is 2.32. The lowest BCUT2D eigenvalue weighted by Gasteiger charge is -2.33. The van der Waals surface area contributed by atoms with Crippen LogP contribution in [0.5, 0.6) is 0 Å². The molecule has 117 heavy (non-hydrogen) atoms. The highest BCUT2D eigenvalue weighted by atomic mass is 35.5. The Morgan fingerprint density at radius 2 is 0.821 bits per heavy atom. The number of piperidine rings is 3. The third-order valence-electron chi connectivity index (χ3n) is 18.8. The standard InChI is InChI=1S/C14H26N2O3.C12H23N.C11H14ClN.C11H22N2.C11H15NO.C11H15N.C10H19N.C9H18N2O.C7H15NO.2CH4/c1-10(2)15-12(17)11-7-6-8-16(9-11)13(18)19-14(3,4)5;1-9(2)13-11(4)12-7-5-10(3)6-8-12;1-8(2)13-9(3)10-4-6-11(12)7-5-10;1-9(2)12-10(3)11-5-7-13(4)8-6-11;1-9(2)12-11(13)8-10-6-4-3-5-7-10;1-9(2)12-10(3)11-7-5-4-6-8-11;1-8(2)11-9(3)10-6-4-5-7-10;1-7(2)11-9(12)8-4-3-5-10-6-8;1-5(2)7(9)8-6(3)4;;/h10-11H,6-9H2,1-5H3,(H,15,17);9-10,12-13H,4-8H2,1-3H3;4-8,13H,3H2,1-2H3;9,11-12H,3,5-8H2,1-2,4H3;3-7,9H,8H2,1-2H3,(H,12,13);4-9,12H,3H2,1-2H3;8,10-11H,3-7H2,1-2H3;7-8,10H,3-6H2,1-2H3,(H,11,12);5-6H,1-4H3,(H,8,9);2*1H4. The number of allylic oxidation sites excluding steroid dienone is 3. The largest absolute Gasteiger partial charge is 0.444 e. The average molecular weight is 1650 g/mol. The zero-order chi connectivity index (χ0) is 87.5. The van der Waals surface area contributed by atoms with Gasteiger partial charge in [0, 0.05) is 119 Å². The third kappa shape index (κ3) is 59.1. The molecule has 0 bridgehead atoms. The lowest BCUT2D eigenvalue weighted by atomic mass is 9.81. The minimum absolute atomic E-state index is 0. The van der Waals surface area contributed by atoms with E-state index >= 15 is 0 Å². The van der Waals surface area contributed by atoms with E-state index in [1.807, 2.05) is 163 Å². The first-order valence-corrected chi connectivity index (χ1v) is 43.9. The summed E-state index contributed by atoms with van der Waals surface area (Å²) >= 11 is 5.77. The summed E-state index contributed by atoms with van der Waals surface area (Å²) in [6.07, 6.45) is 17.4. The molecule has 19 heteroatoms. The molecule has 2 saturated carbocycles. The van der Waals surface area contributed by atoms with Gasteiger partial charge in [-0.1, -0.05) is 179 Å². The lowest BCUT2D eigenvalue weighted by Crippen LogP contribution is -2.48. The molecule has 0 spiro atoms. The number of ether oxygens (including phenoxy) is 1. The van der Waals surface area contributed by atoms with Crippen molar-refractivity contribution in [2.75, 3.05) is 46.3 Å². The third-order valence-corrected chi connectivity index (χ3v) is 19.1. The monoisotopic (exact) mass is 1650 g/mol. The molecule has 5 aliphatic rings. The van der Waals surface area contributed by atoms with E-state index in [1.165, 1.54) is 94.4 Å². The van der Waals surface area contributed by atoms with Gasteiger partial charge in [-0.25, -0.2) is 4.79 Å². The maximum atomic E-state index is 12.0. The van der Waals surface area contributed by atoms with E-state index in [2.05, 4.69) is 186 Å². The van der Waals surface area contributed by atoms with Gasteiger partial charge >= 0.3 is 6.09 Å². The van der Waals surface area contributed by atoms with E-state index in [1.54, 1.807) is 4.90 Å². The van der Waals surface area contributed by atoms with Crippen molar-refractivity contribution in [1.82, 2.24) is 63.0 Å². The molecular weight excluding hydrogens is 1480 g/mol. The van der Waals surface area contributed by atoms with E-state index in [4.69, 9.17) is 16.3 Å². The van der Waals surface area contributed by atoms with E-state index in [0.717, 1.165) is 89.6 Å². The smallest absolute Gasteiger partial charge is 0.410 e. The number of rotatable bonds is 24. The molecule has 670 valence electrons. The Balaban J connectivity index is -0.00000125. The first-order chi connectivity index (χ1) is 53.8. The average Bonchev–Trinajstić information content (AvgIpc) is 1.64. The summed E-state index contributed by atoms with van der Waals surface area (Å²) in [4.78, 5) is 61.6. The van der Waals surface area contributed by atoms with E-state index in [-0.39, 0.29) is 86.5 Å². The molecule has 0 radical (unpaired) electrons. The van der Waals surface area contributed by atoms with Gasteiger partial charge in [-0.2, -0.15) is 0 Å². The summed E-state index contributed by atoms with van der Waals surface area (Å²) in [5.74, 6) is 3.75. The molecule has 2 aliphatic carbocycles. The van der Waals surface area contributed by atoms with Crippen molar-refractivity contribution in [3.63, 3.8) is 0 Å². The molecule has 2 unspecified atom stereocenters. The second-order valence-electron chi connectivity index (χ2n) is 35.8. The molecule has 8 rings (SSSR count). The van der Waals surface area contributed by atoms with Crippen LogP contribution in [0.2, 0.25) is 5.02 Å². The zero-order valence-electron chi connectivity index (χ0n) is 76.9. The minimum atomic E-state index is -0.496. The van der Waals surface area contributed by atoms with Gasteiger partial charge in [0.25, 0.3) is 0 Å². The van der Waals surface area contributed by atoms with Gasteiger partial charge in [-0.05, 0) is 283 Å². The SMILES string of the molecule is C.C.C=C(NC(C)C)C1CCC(C)CC1.C=C(NC(C)C)C1CCCC1.C=C(NC(C)C)C1CCN(C)CC1.C=C(NC(C)C)c1ccc(Cl)cc1.C=C(NC(C)C)c1ccccc1.CC(C)NC(=O)C(C)C.CC(C)NC(=O)C1CCCN(C(=O)OC(C)(C)C)C1.CC(C)NC(=O)C1CCCNC1.CC(C)NC(=O)Cc1ccccc1. The van der Waals surface area contributed by atoms with Crippen LogP contribution in [0.15, 0.2) is 135 Å². The number of amides is 5. The molecule has 5 amide bonds. The number of likely N-dealkylation sites (tertiary alicyclic amines) is 2. The van der Waals surface area contributed by atoms with Crippen molar-refractivity contribution in [1.29, 1.82) is 0 Å². The summed E-state index contributed by atoms with van der Waals surface area (Å²) in [5, 5.41) is 32.2. The maximum absolute atomic E-state index is 12.0. The Kier molecular flexibility index (Phi) is 62.0. The molecular formula is C98H175ClN12O6. The van der Waals surface area contributed by atoms with Crippen molar-refractivity contribution >= 4 is 52.7 Å². The number of halogens is 1. The van der Waals surface area contributed by atoms with Gasteiger partial charge in [0.15, 0.2) is 0 Å². The molecule has 3 aromatic carbocycles. The predicted octanol–water partition coefficient (Wildman–Crippen LogP) is 20.7. The molecule has 18 nitrogen and oxygen atoms in total. The van der Waals surface area contributed by atoms with Crippen molar-refractivity contribution in [2.24, 2.45) is 41.4 Å². The van der Waals surface area contributed by atoms with Crippen LogP contribution in [0, 0.1) is 41.4 Å². The Bertz CT molecular complexity index is 3130. The van der Waals surface area contributed by atoms with Crippen molar-refractivity contribution in [2.45, 2.75) is 337 Å². The van der Waals surface area contributed by atoms with E-state index in [9.17, 15) is 24.0 Å². The molecule has 10 N–H and O–H groups in total. The Labute approximate surface area is 722 Å². The summed E-state index contributed by atoms with van der Waals surface area (Å²) < 4.78 is 5.34. The van der Waals surface area contributed by atoms with Gasteiger partial charge in [-0.3, -0.25) is 19.2 Å². The summed E-state index contributed by atoms with van der Waals surface area (Å²) in [7, 11) is 2.19. The molecule has 3 saturated heterocycles. The fourth-order valence-corrected chi connectivity index (χ4v) is 13.2. The van der Waals surface area contributed by atoms with Gasteiger partial charge < -0.3 is 67.7 Å². The number of hydrogen-bond acceptors (Lipinski definition) is 13. The number of nitrogens with one attached hydrogen (secondary N) is 10. The number of carbonyl (C=O) groups is 5. The quantitative estimate of drug-likeness (QED) is 0.0404. The Morgan fingerprint density at radius 1 is 0.444 bits per heavy atom. The fraction of sp³-hybridized carbons (Fsp3) is 0.663. The van der Waals surface area contributed by atoms with Crippen LogP contribution in [0.3, 0.4) is 0 Å². The number of carbonyl (C=O) groups excluding carboxylic acids is 5. The number of hydrogen-bond donors (Lipinski definition) is 10. The fourth-order valence-electron chi connectivity index (χ4n) is 13.0. The first kappa shape index (κ1) is 114. The normalized spacial score (nSPS) is 17.1. The maximum Gasteiger partial charge on any atom is 0.410 e.